The minimum Gasteiger partial charge on any atom is -0.490 e. The number of nitro benzene ring substituents is 1. The zero-order chi connectivity index (χ0) is 24.8. The lowest BCUT2D eigenvalue weighted by molar-refractivity contribution is -0.385. The number of benzene rings is 2. The Kier molecular flexibility index (Phi) is 8.21. The Hall–Kier alpha value is -3.83. The molecule has 33 heavy (non-hydrogen) atoms. The number of nitro groups is 1. The molecule has 0 fully saturated rings. The number of amides is 1. The highest BCUT2D eigenvalue weighted by Crippen LogP contribution is 2.37. The molecule has 0 bridgehead atoms. The van der Waals surface area contributed by atoms with Crippen molar-refractivity contribution in [2.24, 2.45) is 0 Å². The smallest absolute Gasteiger partial charge is 0.418 e. The number of hydrogen-bond acceptors (Lipinski definition) is 7. The molecular weight excluding hydrogens is 449 g/mol. The number of alkyl halides is 3. The number of nitrogens with one attached hydrogen (secondary N) is 1. The first-order chi connectivity index (χ1) is 15.5. The fourth-order valence-corrected chi connectivity index (χ4v) is 2.68. The van der Waals surface area contributed by atoms with Gasteiger partial charge in [0, 0.05) is 12.1 Å². The van der Waals surface area contributed by atoms with Crippen LogP contribution in [0, 0.1) is 10.1 Å². The fourth-order valence-electron chi connectivity index (χ4n) is 2.68. The largest absolute Gasteiger partial charge is 0.490 e. The number of esters is 1. The van der Waals surface area contributed by atoms with E-state index in [-0.39, 0.29) is 11.3 Å². The third-order valence-corrected chi connectivity index (χ3v) is 4.21. The summed E-state index contributed by atoms with van der Waals surface area (Å²) in [5, 5.41) is 12.8. The van der Waals surface area contributed by atoms with Crippen molar-refractivity contribution >= 4 is 23.3 Å². The second kappa shape index (κ2) is 10.7. The van der Waals surface area contributed by atoms with Crippen molar-refractivity contribution in [3.8, 4) is 11.5 Å². The van der Waals surface area contributed by atoms with Crippen LogP contribution in [0.3, 0.4) is 0 Å². The number of hydrogen-bond donors (Lipinski definition) is 1. The Balaban J connectivity index is 2.17. The molecule has 0 heterocycles. The molecule has 2 rings (SSSR count). The second-order valence-corrected chi connectivity index (χ2v) is 6.55. The van der Waals surface area contributed by atoms with E-state index in [0.717, 1.165) is 12.1 Å². The molecule has 0 radical (unpaired) electrons. The number of non-ortho nitro benzene ring substituents is 1. The van der Waals surface area contributed by atoms with Crippen molar-refractivity contribution < 1.29 is 41.9 Å². The molecule has 1 N–H and O–H groups in total. The van der Waals surface area contributed by atoms with Crippen LogP contribution in [0.15, 0.2) is 36.4 Å². The number of carbonyl (C=O) groups excluding carboxylic acids is 2. The van der Waals surface area contributed by atoms with Crippen LogP contribution in [-0.4, -0.2) is 36.1 Å². The zero-order valence-electron chi connectivity index (χ0n) is 17.9. The van der Waals surface area contributed by atoms with Crippen LogP contribution in [-0.2, 0) is 15.7 Å². The molecule has 12 heteroatoms. The summed E-state index contributed by atoms with van der Waals surface area (Å²) >= 11 is 0. The van der Waals surface area contributed by atoms with Gasteiger partial charge in [0.2, 0.25) is 0 Å². The Morgan fingerprint density at radius 2 is 1.70 bits per heavy atom. The average Bonchev–Trinajstić information content (AvgIpc) is 2.74. The molecular formula is C21H21F3N2O7. The molecule has 1 unspecified atom stereocenters. The van der Waals surface area contributed by atoms with Crippen LogP contribution in [0.25, 0.3) is 0 Å². The summed E-state index contributed by atoms with van der Waals surface area (Å²) in [5.74, 6) is -1.29. The van der Waals surface area contributed by atoms with Crippen LogP contribution in [0.4, 0.5) is 24.5 Å². The zero-order valence-corrected chi connectivity index (χ0v) is 17.9. The van der Waals surface area contributed by atoms with Gasteiger partial charge in [-0.2, -0.15) is 13.2 Å². The van der Waals surface area contributed by atoms with Crippen LogP contribution >= 0.6 is 0 Å². The van der Waals surface area contributed by atoms with Gasteiger partial charge in [0.25, 0.3) is 11.6 Å². The van der Waals surface area contributed by atoms with Gasteiger partial charge in [-0.15, -0.1) is 0 Å². The molecule has 0 aromatic heterocycles. The van der Waals surface area contributed by atoms with E-state index in [2.05, 4.69) is 0 Å². The standard InChI is InChI=1S/C21H21F3N2O7/c1-4-31-17-9-6-13(10-18(17)32-5-2)20(28)33-12(3)19(27)25-16-8-7-14(26(29)30)11-15(16)21(22,23)24/h6-12H,4-5H2,1-3H3,(H,25,27). The maximum absolute atomic E-state index is 13.3. The maximum Gasteiger partial charge on any atom is 0.418 e. The number of carbonyl (C=O) groups is 2. The van der Waals surface area contributed by atoms with E-state index in [9.17, 15) is 32.9 Å². The van der Waals surface area contributed by atoms with Gasteiger partial charge in [0.15, 0.2) is 17.6 Å². The topological polar surface area (TPSA) is 117 Å². The van der Waals surface area contributed by atoms with Crippen molar-refractivity contribution in [3.63, 3.8) is 0 Å². The van der Waals surface area contributed by atoms with Gasteiger partial charge in [-0.3, -0.25) is 14.9 Å². The molecule has 0 aliphatic carbocycles. The molecule has 0 spiro atoms. The lowest BCUT2D eigenvalue weighted by Gasteiger charge is -2.17. The summed E-state index contributed by atoms with van der Waals surface area (Å²) in [4.78, 5) is 34.6. The van der Waals surface area contributed by atoms with Crippen LogP contribution in [0.1, 0.15) is 36.7 Å². The van der Waals surface area contributed by atoms with E-state index >= 15 is 0 Å². The molecule has 0 aliphatic heterocycles. The summed E-state index contributed by atoms with van der Waals surface area (Å²) in [6.07, 6.45) is -6.44. The lowest BCUT2D eigenvalue weighted by atomic mass is 10.1. The van der Waals surface area contributed by atoms with Crippen LogP contribution in [0.2, 0.25) is 0 Å². The SMILES string of the molecule is CCOc1ccc(C(=O)OC(C)C(=O)Nc2ccc([N+](=O)[O-])cc2C(F)(F)F)cc1OCC. The molecule has 178 valence electrons. The van der Waals surface area contributed by atoms with Crippen molar-refractivity contribution in [3.05, 3.63) is 57.6 Å². The molecule has 1 atom stereocenters. The van der Waals surface area contributed by atoms with E-state index < -0.39 is 46.0 Å². The van der Waals surface area contributed by atoms with Gasteiger partial charge < -0.3 is 19.5 Å². The first-order valence-electron chi connectivity index (χ1n) is 9.75. The Labute approximate surface area is 186 Å². The number of nitrogens with zero attached hydrogens (tertiary/aromatic N) is 1. The average molecular weight is 470 g/mol. The molecule has 2 aromatic carbocycles. The van der Waals surface area contributed by atoms with Crippen molar-refractivity contribution in [1.29, 1.82) is 0 Å². The fraction of sp³-hybridized carbons (Fsp3) is 0.333. The Bertz CT molecular complexity index is 1040. The Morgan fingerprint density at radius 3 is 2.27 bits per heavy atom. The molecule has 1 amide bonds. The van der Waals surface area contributed by atoms with Crippen LogP contribution < -0.4 is 14.8 Å². The van der Waals surface area contributed by atoms with Gasteiger partial charge >= 0.3 is 12.1 Å². The normalized spacial score (nSPS) is 11.9. The number of halogens is 3. The minimum absolute atomic E-state index is 0.0351. The Morgan fingerprint density at radius 1 is 1.06 bits per heavy atom. The quantitative estimate of drug-likeness (QED) is 0.323. The minimum atomic E-state index is -4.97. The van der Waals surface area contributed by atoms with Crippen molar-refractivity contribution in [2.75, 3.05) is 18.5 Å². The number of ether oxygens (including phenoxy) is 3. The monoisotopic (exact) mass is 470 g/mol. The number of rotatable bonds is 9. The van der Waals surface area contributed by atoms with E-state index in [1.165, 1.54) is 25.1 Å². The molecule has 0 saturated heterocycles. The highest BCUT2D eigenvalue weighted by Gasteiger charge is 2.36. The number of anilines is 1. The summed E-state index contributed by atoms with van der Waals surface area (Å²) in [6.45, 7) is 5.34. The first kappa shape index (κ1) is 25.4. The molecule has 0 aliphatic rings. The predicted octanol–water partition coefficient (Wildman–Crippen LogP) is 4.60. The summed E-state index contributed by atoms with van der Waals surface area (Å²) in [7, 11) is 0. The third kappa shape index (κ3) is 6.57. The van der Waals surface area contributed by atoms with Gasteiger partial charge in [0.1, 0.15) is 0 Å². The summed E-state index contributed by atoms with van der Waals surface area (Å²) in [6, 6.07) is 6.12. The highest BCUT2D eigenvalue weighted by atomic mass is 19.4. The van der Waals surface area contributed by atoms with Crippen molar-refractivity contribution in [2.45, 2.75) is 33.1 Å². The summed E-state index contributed by atoms with van der Waals surface area (Å²) < 4.78 is 55.7. The van der Waals surface area contributed by atoms with E-state index in [4.69, 9.17) is 14.2 Å². The molecule has 0 saturated carbocycles. The first-order valence-corrected chi connectivity index (χ1v) is 9.75. The molecule has 9 nitrogen and oxygen atoms in total. The van der Waals surface area contributed by atoms with Gasteiger partial charge in [-0.25, -0.2) is 4.79 Å². The highest BCUT2D eigenvalue weighted by molar-refractivity contribution is 5.98. The van der Waals surface area contributed by atoms with Crippen LogP contribution in [0.5, 0.6) is 11.5 Å². The maximum atomic E-state index is 13.3. The van der Waals surface area contributed by atoms with E-state index in [1.54, 1.807) is 13.8 Å². The van der Waals surface area contributed by atoms with Gasteiger partial charge in [0.05, 0.1) is 35.0 Å². The summed E-state index contributed by atoms with van der Waals surface area (Å²) in [5.41, 5.74) is -2.87. The second-order valence-electron chi connectivity index (χ2n) is 6.55. The van der Waals surface area contributed by atoms with Crippen molar-refractivity contribution in [1.82, 2.24) is 0 Å². The lowest BCUT2D eigenvalue weighted by Crippen LogP contribution is -2.30. The van der Waals surface area contributed by atoms with E-state index in [0.29, 0.717) is 25.0 Å². The third-order valence-electron chi connectivity index (χ3n) is 4.21. The van der Waals surface area contributed by atoms with Gasteiger partial charge in [-0.05, 0) is 45.0 Å². The van der Waals surface area contributed by atoms with Gasteiger partial charge in [-0.1, -0.05) is 0 Å². The predicted molar refractivity (Wildman–Crippen MR) is 110 cm³/mol. The molecule has 2 aromatic rings. The van der Waals surface area contributed by atoms with E-state index in [1.807, 2.05) is 5.32 Å².